The topological polar surface area (TPSA) is 4.93 Å². The van der Waals surface area contributed by atoms with Crippen molar-refractivity contribution in [3.63, 3.8) is 0 Å². The van der Waals surface area contributed by atoms with Gasteiger partial charge in [-0.3, -0.25) is 0 Å². The molecular weight excluding hydrogens is 178 g/mol. The second-order valence-electron chi connectivity index (χ2n) is 3.17. The van der Waals surface area contributed by atoms with Gasteiger partial charge in [0.25, 0.3) is 0 Å². The van der Waals surface area contributed by atoms with Crippen molar-refractivity contribution in [2.24, 2.45) is 7.05 Å². The van der Waals surface area contributed by atoms with Gasteiger partial charge in [0.1, 0.15) is 0 Å². The average molecular weight is 193 g/mol. The number of benzene rings is 1. The molecule has 0 aliphatic carbocycles. The third-order valence-corrected chi connectivity index (χ3v) is 2.36. The Balaban J connectivity index is 0.000000845. The molecule has 0 unspecified atom stereocenters. The van der Waals surface area contributed by atoms with E-state index in [1.54, 1.807) is 0 Å². The highest BCUT2D eigenvalue weighted by Gasteiger charge is 1.97. The molecule has 0 bridgehead atoms. The first-order valence-corrected chi connectivity index (χ1v) is 4.35. The van der Waals surface area contributed by atoms with Gasteiger partial charge in [-0.15, -0.1) is 0 Å². The highest BCUT2D eigenvalue weighted by atomic mass is 32.1. The number of fused-ring (bicyclic) bond motifs is 1. The molecule has 0 N–H and O–H groups in total. The Labute approximate surface area is 85.8 Å². The van der Waals surface area contributed by atoms with E-state index in [4.69, 9.17) is 0 Å². The fraction of sp³-hybridized carbons (Fsp3) is 0.273. The van der Waals surface area contributed by atoms with Crippen molar-refractivity contribution < 1.29 is 0 Å². The Hall–Kier alpha value is -0.890. The number of nitrogens with zero attached hydrogens (tertiary/aromatic N) is 1. The Kier molecular flexibility index (Phi) is 3.04. The maximum atomic E-state index is 2.26. The molecule has 2 heteroatoms. The Morgan fingerprint density at radius 3 is 2.69 bits per heavy atom. The molecule has 0 aliphatic heterocycles. The standard InChI is InChI=1S/C11H13N.H2S/c1-3-9-4-5-11-10(8-9)6-7-12(11)2;/h4-8H,3H2,1-2H3;1H2. The lowest BCUT2D eigenvalue weighted by molar-refractivity contribution is 0.968. The molecule has 70 valence electrons. The highest BCUT2D eigenvalue weighted by molar-refractivity contribution is 7.59. The zero-order valence-electron chi connectivity index (χ0n) is 8.04. The molecule has 1 aromatic heterocycles. The molecule has 0 aliphatic rings. The lowest BCUT2D eigenvalue weighted by Gasteiger charge is -1.98. The number of hydrogen-bond donors (Lipinski definition) is 0. The van der Waals surface area contributed by atoms with Gasteiger partial charge in [-0.25, -0.2) is 0 Å². The van der Waals surface area contributed by atoms with E-state index >= 15 is 0 Å². The minimum absolute atomic E-state index is 0. The van der Waals surface area contributed by atoms with Gasteiger partial charge in [0.2, 0.25) is 0 Å². The summed E-state index contributed by atoms with van der Waals surface area (Å²) in [6, 6.07) is 8.81. The average Bonchev–Trinajstić information content (AvgIpc) is 2.47. The first kappa shape index (κ1) is 10.2. The number of rotatable bonds is 1. The van der Waals surface area contributed by atoms with Crippen LogP contribution in [0.2, 0.25) is 0 Å². The van der Waals surface area contributed by atoms with Crippen molar-refractivity contribution >= 4 is 24.4 Å². The van der Waals surface area contributed by atoms with Crippen molar-refractivity contribution in [2.45, 2.75) is 13.3 Å². The van der Waals surface area contributed by atoms with Crippen LogP contribution >= 0.6 is 13.5 Å². The minimum atomic E-state index is 0. The Bertz CT molecular complexity index is 403. The van der Waals surface area contributed by atoms with E-state index in [2.05, 4.69) is 49.0 Å². The SMILES string of the molecule is CCc1ccc2c(ccn2C)c1.S. The molecule has 2 aromatic rings. The maximum absolute atomic E-state index is 2.26. The summed E-state index contributed by atoms with van der Waals surface area (Å²) in [6.45, 7) is 2.18. The summed E-state index contributed by atoms with van der Waals surface area (Å²) in [5.41, 5.74) is 2.72. The molecule has 0 fully saturated rings. The highest BCUT2D eigenvalue weighted by Crippen LogP contribution is 2.16. The van der Waals surface area contributed by atoms with Crippen LogP contribution in [0, 0.1) is 0 Å². The van der Waals surface area contributed by atoms with E-state index in [1.165, 1.54) is 16.5 Å². The first-order valence-electron chi connectivity index (χ1n) is 4.35. The molecular formula is C11H15NS. The summed E-state index contributed by atoms with van der Waals surface area (Å²) in [5, 5.41) is 1.34. The number of aryl methyl sites for hydroxylation is 2. The van der Waals surface area contributed by atoms with Crippen LogP contribution in [0.5, 0.6) is 0 Å². The van der Waals surface area contributed by atoms with Crippen molar-refractivity contribution in [1.29, 1.82) is 0 Å². The largest absolute Gasteiger partial charge is 0.351 e. The van der Waals surface area contributed by atoms with Crippen molar-refractivity contribution in [1.82, 2.24) is 4.57 Å². The third kappa shape index (κ3) is 1.73. The molecule has 0 amide bonds. The molecule has 0 atom stereocenters. The van der Waals surface area contributed by atoms with E-state index in [0.717, 1.165) is 6.42 Å². The molecule has 0 saturated heterocycles. The summed E-state index contributed by atoms with van der Waals surface area (Å²) >= 11 is 0. The van der Waals surface area contributed by atoms with Crippen molar-refractivity contribution in [2.75, 3.05) is 0 Å². The number of hydrogen-bond acceptors (Lipinski definition) is 0. The zero-order valence-corrected chi connectivity index (χ0v) is 9.04. The van der Waals surface area contributed by atoms with Crippen LogP contribution in [0.15, 0.2) is 30.5 Å². The predicted molar refractivity (Wildman–Crippen MR) is 62.7 cm³/mol. The fourth-order valence-electron chi connectivity index (χ4n) is 1.55. The lowest BCUT2D eigenvalue weighted by Crippen LogP contribution is -1.84. The van der Waals surface area contributed by atoms with Crippen LogP contribution in [0.25, 0.3) is 10.9 Å². The van der Waals surface area contributed by atoms with E-state index < -0.39 is 0 Å². The summed E-state index contributed by atoms with van der Waals surface area (Å²) < 4.78 is 2.15. The second-order valence-corrected chi connectivity index (χ2v) is 3.17. The lowest BCUT2D eigenvalue weighted by atomic mass is 10.1. The van der Waals surface area contributed by atoms with E-state index in [9.17, 15) is 0 Å². The van der Waals surface area contributed by atoms with Crippen LogP contribution in [-0.4, -0.2) is 4.57 Å². The van der Waals surface area contributed by atoms with Crippen LogP contribution in [0.1, 0.15) is 12.5 Å². The van der Waals surface area contributed by atoms with Crippen LogP contribution in [-0.2, 0) is 13.5 Å². The third-order valence-electron chi connectivity index (χ3n) is 2.36. The van der Waals surface area contributed by atoms with Crippen molar-refractivity contribution in [3.05, 3.63) is 36.0 Å². The molecule has 13 heavy (non-hydrogen) atoms. The van der Waals surface area contributed by atoms with Crippen LogP contribution < -0.4 is 0 Å². The van der Waals surface area contributed by atoms with Gasteiger partial charge in [-0.1, -0.05) is 13.0 Å². The zero-order chi connectivity index (χ0) is 8.55. The summed E-state index contributed by atoms with van der Waals surface area (Å²) in [6.07, 6.45) is 3.22. The molecule has 1 nitrogen and oxygen atoms in total. The van der Waals surface area contributed by atoms with Gasteiger partial charge < -0.3 is 4.57 Å². The first-order chi connectivity index (χ1) is 5.81. The molecule has 2 rings (SSSR count). The molecule has 0 radical (unpaired) electrons. The molecule has 0 saturated carbocycles. The van der Waals surface area contributed by atoms with Gasteiger partial charge in [-0.2, -0.15) is 13.5 Å². The van der Waals surface area contributed by atoms with Gasteiger partial charge in [0.15, 0.2) is 0 Å². The quantitative estimate of drug-likeness (QED) is 0.656. The van der Waals surface area contributed by atoms with E-state index in [1.807, 2.05) is 0 Å². The number of aromatic nitrogens is 1. The normalized spacial score (nSPS) is 10.0. The van der Waals surface area contributed by atoms with E-state index in [0.29, 0.717) is 0 Å². The van der Waals surface area contributed by atoms with Gasteiger partial charge in [-0.05, 0) is 35.6 Å². The second kappa shape index (κ2) is 3.88. The van der Waals surface area contributed by atoms with Gasteiger partial charge in [0.05, 0.1) is 0 Å². The Morgan fingerprint density at radius 2 is 2.00 bits per heavy atom. The van der Waals surface area contributed by atoms with Crippen LogP contribution in [0.3, 0.4) is 0 Å². The Morgan fingerprint density at radius 1 is 1.23 bits per heavy atom. The summed E-state index contributed by atoms with van der Waals surface area (Å²) in [5.74, 6) is 0. The monoisotopic (exact) mass is 193 g/mol. The van der Waals surface area contributed by atoms with Gasteiger partial charge in [0, 0.05) is 18.8 Å². The fourth-order valence-corrected chi connectivity index (χ4v) is 1.55. The summed E-state index contributed by atoms with van der Waals surface area (Å²) in [4.78, 5) is 0. The summed E-state index contributed by atoms with van der Waals surface area (Å²) in [7, 11) is 2.08. The molecule has 1 aromatic carbocycles. The predicted octanol–water partition coefficient (Wildman–Crippen LogP) is 2.85. The minimum Gasteiger partial charge on any atom is -0.351 e. The molecule has 1 heterocycles. The maximum Gasteiger partial charge on any atom is 0.0477 e. The van der Waals surface area contributed by atoms with Crippen molar-refractivity contribution in [3.8, 4) is 0 Å². The molecule has 0 spiro atoms. The van der Waals surface area contributed by atoms with Crippen LogP contribution in [0.4, 0.5) is 0 Å². The van der Waals surface area contributed by atoms with E-state index in [-0.39, 0.29) is 13.5 Å². The smallest absolute Gasteiger partial charge is 0.0477 e. The van der Waals surface area contributed by atoms with Gasteiger partial charge >= 0.3 is 0 Å².